The van der Waals surface area contributed by atoms with Gasteiger partial charge in [0.15, 0.2) is 0 Å². The quantitative estimate of drug-likeness (QED) is 0.663. The smallest absolute Gasteiger partial charge is 0.0411 e. The molecule has 0 heterocycles. The van der Waals surface area contributed by atoms with Crippen LogP contribution in [-0.4, -0.2) is 0 Å². The molecule has 1 saturated carbocycles. The van der Waals surface area contributed by atoms with E-state index in [1.54, 1.807) is 0 Å². The van der Waals surface area contributed by atoms with Crippen molar-refractivity contribution < 1.29 is 0 Å². The Morgan fingerprint density at radius 1 is 1.13 bits per heavy atom. The molecule has 1 fully saturated rings. The molecule has 0 spiro atoms. The van der Waals surface area contributed by atoms with Crippen LogP contribution >= 0.6 is 11.6 Å². The molecule has 15 heavy (non-hydrogen) atoms. The van der Waals surface area contributed by atoms with Crippen molar-refractivity contribution in [3.05, 3.63) is 40.9 Å². The lowest BCUT2D eigenvalue weighted by atomic mass is 9.89. The second-order valence-electron chi connectivity index (χ2n) is 4.31. The largest absolute Gasteiger partial charge is 0.0843 e. The van der Waals surface area contributed by atoms with Gasteiger partial charge in [0.05, 0.1) is 0 Å². The minimum atomic E-state index is 0.790. The lowest BCUT2D eigenvalue weighted by Crippen LogP contribution is -2.02. The highest BCUT2D eigenvalue weighted by Gasteiger charge is 2.09. The van der Waals surface area contributed by atoms with E-state index in [0.29, 0.717) is 0 Å². The average molecular weight is 221 g/mol. The van der Waals surface area contributed by atoms with Crippen molar-refractivity contribution in [2.45, 2.75) is 32.1 Å². The Kier molecular flexibility index (Phi) is 3.85. The Labute approximate surface area is 97.0 Å². The topological polar surface area (TPSA) is 0 Å². The summed E-state index contributed by atoms with van der Waals surface area (Å²) < 4.78 is 0. The summed E-state index contributed by atoms with van der Waals surface area (Å²) in [7, 11) is 0. The van der Waals surface area contributed by atoms with E-state index in [4.69, 9.17) is 11.6 Å². The molecular formula is C14H17Cl. The third-order valence-corrected chi connectivity index (χ3v) is 3.29. The normalized spacial score (nSPS) is 18.5. The fourth-order valence-corrected chi connectivity index (χ4v) is 2.38. The number of hydrogen-bond acceptors (Lipinski definition) is 0. The van der Waals surface area contributed by atoms with Crippen molar-refractivity contribution in [3.8, 4) is 0 Å². The summed E-state index contributed by atoms with van der Waals surface area (Å²) in [4.78, 5) is 0. The van der Waals surface area contributed by atoms with Crippen LogP contribution in [0.25, 0.3) is 6.08 Å². The first-order valence-corrected chi connectivity index (χ1v) is 6.16. The molecule has 2 rings (SSSR count). The van der Waals surface area contributed by atoms with Crippen molar-refractivity contribution in [3.63, 3.8) is 0 Å². The predicted molar refractivity (Wildman–Crippen MR) is 67.1 cm³/mol. The predicted octanol–water partition coefficient (Wildman–Crippen LogP) is 4.93. The second kappa shape index (κ2) is 5.37. The van der Waals surface area contributed by atoms with E-state index in [2.05, 4.69) is 18.2 Å². The minimum Gasteiger partial charge on any atom is -0.0843 e. The molecule has 0 aromatic heterocycles. The van der Waals surface area contributed by atoms with Crippen LogP contribution in [0.2, 0.25) is 5.02 Å². The molecule has 0 N–H and O–H groups in total. The van der Waals surface area contributed by atoms with Gasteiger partial charge in [-0.25, -0.2) is 0 Å². The Bertz CT molecular complexity index is 335. The van der Waals surface area contributed by atoms with Gasteiger partial charge in [0.1, 0.15) is 0 Å². The first-order valence-electron chi connectivity index (χ1n) is 5.78. The van der Waals surface area contributed by atoms with E-state index >= 15 is 0 Å². The molecule has 1 aliphatic carbocycles. The maximum absolute atomic E-state index is 5.93. The molecular weight excluding hydrogens is 204 g/mol. The van der Waals surface area contributed by atoms with Crippen LogP contribution in [0.4, 0.5) is 0 Å². The average Bonchev–Trinajstić information content (AvgIpc) is 2.28. The van der Waals surface area contributed by atoms with Gasteiger partial charge in [-0.15, -0.1) is 0 Å². The zero-order valence-corrected chi connectivity index (χ0v) is 9.71. The number of hydrogen-bond donors (Lipinski definition) is 0. The summed E-state index contributed by atoms with van der Waals surface area (Å²) in [6, 6.07) is 8.04. The fraction of sp³-hybridized carbons (Fsp3) is 0.429. The Morgan fingerprint density at radius 3 is 2.67 bits per heavy atom. The Hall–Kier alpha value is -0.750. The van der Waals surface area contributed by atoms with Crippen LogP contribution in [-0.2, 0) is 0 Å². The molecule has 1 aromatic rings. The third kappa shape index (κ3) is 3.39. The monoisotopic (exact) mass is 220 g/mol. The van der Waals surface area contributed by atoms with Crippen LogP contribution in [0.1, 0.15) is 37.7 Å². The lowest BCUT2D eigenvalue weighted by molar-refractivity contribution is 0.420. The van der Waals surface area contributed by atoms with Gasteiger partial charge in [-0.2, -0.15) is 0 Å². The van der Waals surface area contributed by atoms with Crippen molar-refractivity contribution in [1.29, 1.82) is 0 Å². The highest BCUT2D eigenvalue weighted by molar-refractivity contribution is 6.30. The molecule has 0 unspecified atom stereocenters. The summed E-state index contributed by atoms with van der Waals surface area (Å²) in [5.41, 5.74) is 1.22. The van der Waals surface area contributed by atoms with Gasteiger partial charge in [-0.3, -0.25) is 0 Å². The molecule has 0 nitrogen and oxygen atoms in total. The Morgan fingerprint density at radius 2 is 1.93 bits per heavy atom. The van der Waals surface area contributed by atoms with Crippen LogP contribution in [0.3, 0.4) is 0 Å². The molecule has 0 radical (unpaired) electrons. The van der Waals surface area contributed by atoms with Crippen molar-refractivity contribution in [2.75, 3.05) is 0 Å². The number of halogens is 1. The van der Waals surface area contributed by atoms with Crippen LogP contribution < -0.4 is 0 Å². The van der Waals surface area contributed by atoms with Crippen LogP contribution in [0, 0.1) is 5.92 Å². The van der Waals surface area contributed by atoms with Crippen molar-refractivity contribution in [1.82, 2.24) is 0 Å². The molecule has 1 heteroatoms. The van der Waals surface area contributed by atoms with Gasteiger partial charge < -0.3 is 0 Å². The zero-order valence-electron chi connectivity index (χ0n) is 8.95. The summed E-state index contributed by atoms with van der Waals surface area (Å²) in [6.45, 7) is 0. The first-order chi connectivity index (χ1) is 7.34. The highest BCUT2D eigenvalue weighted by atomic mass is 35.5. The molecule has 0 aliphatic heterocycles. The van der Waals surface area contributed by atoms with Gasteiger partial charge in [0.25, 0.3) is 0 Å². The van der Waals surface area contributed by atoms with E-state index in [9.17, 15) is 0 Å². The second-order valence-corrected chi connectivity index (χ2v) is 4.75. The molecule has 0 saturated heterocycles. The molecule has 80 valence electrons. The van der Waals surface area contributed by atoms with E-state index < -0.39 is 0 Å². The summed E-state index contributed by atoms with van der Waals surface area (Å²) in [5, 5.41) is 0.820. The maximum Gasteiger partial charge on any atom is 0.0411 e. The summed E-state index contributed by atoms with van der Waals surface area (Å²) in [5.74, 6) is 0.790. The number of allylic oxidation sites excluding steroid dienone is 1. The van der Waals surface area contributed by atoms with Gasteiger partial charge in [-0.05, 0) is 36.5 Å². The highest BCUT2D eigenvalue weighted by Crippen LogP contribution is 2.25. The van der Waals surface area contributed by atoms with Gasteiger partial charge >= 0.3 is 0 Å². The van der Waals surface area contributed by atoms with Crippen molar-refractivity contribution in [2.24, 2.45) is 5.92 Å². The van der Waals surface area contributed by atoms with E-state index in [1.807, 2.05) is 18.2 Å². The van der Waals surface area contributed by atoms with Crippen molar-refractivity contribution >= 4 is 17.7 Å². The molecule has 0 bridgehead atoms. The SMILES string of the molecule is Clc1cccc(/C=C/C2CCCCC2)c1. The summed E-state index contributed by atoms with van der Waals surface area (Å²) in [6.07, 6.45) is 11.5. The molecule has 0 amide bonds. The standard InChI is InChI=1S/C14H17Cl/c15-14-8-4-7-13(11-14)10-9-12-5-2-1-3-6-12/h4,7-12H,1-3,5-6H2/b10-9+. The fourth-order valence-electron chi connectivity index (χ4n) is 2.18. The Balaban J connectivity index is 1.97. The van der Waals surface area contributed by atoms with E-state index in [-0.39, 0.29) is 0 Å². The molecule has 1 aliphatic rings. The van der Waals surface area contributed by atoms with E-state index in [1.165, 1.54) is 37.7 Å². The van der Waals surface area contributed by atoms with Crippen LogP contribution in [0.15, 0.2) is 30.3 Å². The molecule has 0 atom stereocenters. The zero-order chi connectivity index (χ0) is 10.5. The van der Waals surface area contributed by atoms with Crippen LogP contribution in [0.5, 0.6) is 0 Å². The van der Waals surface area contributed by atoms with E-state index in [0.717, 1.165) is 10.9 Å². The summed E-state index contributed by atoms with van der Waals surface area (Å²) >= 11 is 5.93. The van der Waals surface area contributed by atoms with Gasteiger partial charge in [-0.1, -0.05) is 55.1 Å². The first kappa shape index (κ1) is 10.8. The molecule has 1 aromatic carbocycles. The lowest BCUT2D eigenvalue weighted by Gasteiger charge is -2.17. The third-order valence-electron chi connectivity index (χ3n) is 3.06. The van der Waals surface area contributed by atoms with Gasteiger partial charge in [0, 0.05) is 5.02 Å². The number of benzene rings is 1. The maximum atomic E-state index is 5.93. The van der Waals surface area contributed by atoms with Gasteiger partial charge in [0.2, 0.25) is 0 Å². The number of rotatable bonds is 2. The minimum absolute atomic E-state index is 0.790.